The topological polar surface area (TPSA) is 109 Å². The van der Waals surface area contributed by atoms with Crippen molar-refractivity contribution in [1.29, 1.82) is 0 Å². The maximum Gasteiger partial charge on any atom is 0.268 e. The van der Waals surface area contributed by atoms with Gasteiger partial charge < -0.3 is 38.9 Å². The standard InChI is InChI=1S/C23H25N3O7/c1-12(22(27)25-14-6-7-16-17(10-14)33-11-32-16)24-23(28)15-8-13-9-18(29-3)20(30-4)21(31-5)19(13)26(15)2/h6-10,12H,11H2,1-5H3,(H,24,28)(H,25,27). The molecule has 1 aromatic heterocycles. The van der Waals surface area contributed by atoms with Crippen LogP contribution in [-0.2, 0) is 11.8 Å². The van der Waals surface area contributed by atoms with E-state index in [0.717, 1.165) is 5.39 Å². The average Bonchev–Trinajstić information content (AvgIpc) is 3.41. The van der Waals surface area contributed by atoms with Gasteiger partial charge in [0.15, 0.2) is 23.0 Å². The molecule has 0 saturated heterocycles. The molecule has 1 atom stereocenters. The Kier molecular flexibility index (Phi) is 5.91. The molecule has 2 heterocycles. The first kappa shape index (κ1) is 22.1. The van der Waals surface area contributed by atoms with E-state index in [1.165, 1.54) is 21.3 Å². The summed E-state index contributed by atoms with van der Waals surface area (Å²) in [5.74, 6) is 1.74. The Morgan fingerprint density at radius 1 is 1.00 bits per heavy atom. The molecule has 0 saturated carbocycles. The summed E-state index contributed by atoms with van der Waals surface area (Å²) in [7, 11) is 6.30. The highest BCUT2D eigenvalue weighted by atomic mass is 16.7. The predicted molar refractivity (Wildman–Crippen MR) is 121 cm³/mol. The Bertz CT molecular complexity index is 1230. The normalized spacial score (nSPS) is 12.9. The molecule has 174 valence electrons. The fraction of sp³-hybridized carbons (Fsp3) is 0.304. The number of rotatable bonds is 7. The lowest BCUT2D eigenvalue weighted by Crippen LogP contribution is -2.42. The summed E-state index contributed by atoms with van der Waals surface area (Å²) in [5.41, 5.74) is 1.55. The Labute approximate surface area is 190 Å². The second kappa shape index (κ2) is 8.81. The summed E-state index contributed by atoms with van der Waals surface area (Å²) in [6.07, 6.45) is 0. The number of nitrogens with one attached hydrogen (secondary N) is 2. The van der Waals surface area contributed by atoms with Crippen LogP contribution in [0.15, 0.2) is 30.3 Å². The number of aromatic nitrogens is 1. The first-order valence-corrected chi connectivity index (χ1v) is 10.2. The number of anilines is 1. The Morgan fingerprint density at radius 2 is 1.73 bits per heavy atom. The zero-order valence-electron chi connectivity index (χ0n) is 19.0. The van der Waals surface area contributed by atoms with Crippen molar-refractivity contribution in [2.24, 2.45) is 7.05 Å². The molecule has 0 aliphatic carbocycles. The van der Waals surface area contributed by atoms with Gasteiger partial charge in [-0.3, -0.25) is 9.59 Å². The summed E-state index contributed by atoms with van der Waals surface area (Å²) >= 11 is 0. The number of amides is 2. The molecule has 4 rings (SSSR count). The van der Waals surface area contributed by atoms with Gasteiger partial charge in [0, 0.05) is 24.2 Å². The summed E-state index contributed by atoms with van der Waals surface area (Å²) in [4.78, 5) is 25.7. The molecule has 3 aromatic rings. The lowest BCUT2D eigenvalue weighted by atomic mass is 10.2. The van der Waals surface area contributed by atoms with Crippen molar-refractivity contribution in [3.63, 3.8) is 0 Å². The van der Waals surface area contributed by atoms with Crippen LogP contribution in [0, 0.1) is 0 Å². The van der Waals surface area contributed by atoms with E-state index in [0.29, 0.717) is 45.6 Å². The number of ether oxygens (including phenoxy) is 5. The minimum Gasteiger partial charge on any atom is -0.493 e. The third-order valence-electron chi connectivity index (χ3n) is 5.44. The monoisotopic (exact) mass is 455 g/mol. The molecule has 2 amide bonds. The molecule has 0 bridgehead atoms. The van der Waals surface area contributed by atoms with Gasteiger partial charge in [-0.25, -0.2) is 0 Å². The fourth-order valence-corrected chi connectivity index (χ4v) is 3.76. The van der Waals surface area contributed by atoms with Crippen LogP contribution < -0.4 is 34.3 Å². The van der Waals surface area contributed by atoms with Gasteiger partial charge in [-0.1, -0.05) is 0 Å². The number of carbonyl (C=O) groups is 2. The third kappa shape index (κ3) is 3.95. The molecule has 0 radical (unpaired) electrons. The number of fused-ring (bicyclic) bond motifs is 2. The molecule has 1 aliphatic heterocycles. The second-order valence-corrected chi connectivity index (χ2v) is 7.42. The molecule has 10 nitrogen and oxygen atoms in total. The molecule has 2 aromatic carbocycles. The van der Waals surface area contributed by atoms with Crippen LogP contribution in [0.4, 0.5) is 5.69 Å². The first-order valence-electron chi connectivity index (χ1n) is 10.2. The molecule has 2 N–H and O–H groups in total. The highest BCUT2D eigenvalue weighted by Gasteiger charge is 2.24. The third-order valence-corrected chi connectivity index (χ3v) is 5.44. The molecule has 0 spiro atoms. The molecule has 1 aliphatic rings. The lowest BCUT2D eigenvalue weighted by Gasteiger charge is -2.16. The van der Waals surface area contributed by atoms with Gasteiger partial charge in [-0.2, -0.15) is 0 Å². The second-order valence-electron chi connectivity index (χ2n) is 7.42. The quantitative estimate of drug-likeness (QED) is 0.564. The highest BCUT2D eigenvalue weighted by Crippen LogP contribution is 2.44. The van der Waals surface area contributed by atoms with E-state index in [1.54, 1.807) is 48.9 Å². The maximum atomic E-state index is 13.0. The number of nitrogens with zero attached hydrogens (tertiary/aromatic N) is 1. The minimum absolute atomic E-state index is 0.146. The summed E-state index contributed by atoms with van der Waals surface area (Å²) < 4.78 is 28.7. The van der Waals surface area contributed by atoms with Crippen LogP contribution in [0.5, 0.6) is 28.7 Å². The van der Waals surface area contributed by atoms with E-state index < -0.39 is 11.9 Å². The van der Waals surface area contributed by atoms with Crippen LogP contribution in [0.1, 0.15) is 17.4 Å². The number of hydrogen-bond acceptors (Lipinski definition) is 7. The van der Waals surface area contributed by atoms with Crippen LogP contribution in [0.25, 0.3) is 10.9 Å². The van der Waals surface area contributed by atoms with Gasteiger partial charge in [-0.15, -0.1) is 0 Å². The van der Waals surface area contributed by atoms with Crippen molar-refractivity contribution >= 4 is 28.4 Å². The molecule has 10 heteroatoms. The van der Waals surface area contributed by atoms with Crippen molar-refractivity contribution in [3.8, 4) is 28.7 Å². The fourth-order valence-electron chi connectivity index (χ4n) is 3.76. The number of aryl methyl sites for hydroxylation is 1. The van der Waals surface area contributed by atoms with E-state index in [1.807, 2.05) is 0 Å². The van der Waals surface area contributed by atoms with Gasteiger partial charge in [0.2, 0.25) is 18.4 Å². The van der Waals surface area contributed by atoms with Crippen molar-refractivity contribution in [3.05, 3.63) is 36.0 Å². The van der Waals surface area contributed by atoms with E-state index in [-0.39, 0.29) is 12.7 Å². The van der Waals surface area contributed by atoms with E-state index in [9.17, 15) is 9.59 Å². The van der Waals surface area contributed by atoms with Crippen molar-refractivity contribution in [2.45, 2.75) is 13.0 Å². The van der Waals surface area contributed by atoms with Crippen LogP contribution >= 0.6 is 0 Å². The molecule has 33 heavy (non-hydrogen) atoms. The number of methoxy groups -OCH3 is 3. The Hall–Kier alpha value is -4.08. The van der Waals surface area contributed by atoms with Gasteiger partial charge >= 0.3 is 0 Å². The zero-order valence-corrected chi connectivity index (χ0v) is 19.0. The van der Waals surface area contributed by atoms with Crippen molar-refractivity contribution in [2.75, 3.05) is 33.4 Å². The van der Waals surface area contributed by atoms with Gasteiger partial charge in [0.25, 0.3) is 5.91 Å². The molecule has 0 fully saturated rings. The van der Waals surface area contributed by atoms with Gasteiger partial charge in [-0.05, 0) is 31.2 Å². The van der Waals surface area contributed by atoms with Crippen LogP contribution in [0.3, 0.4) is 0 Å². The summed E-state index contributed by atoms with van der Waals surface area (Å²) in [6.45, 7) is 1.75. The molecular weight excluding hydrogens is 430 g/mol. The average molecular weight is 455 g/mol. The van der Waals surface area contributed by atoms with Crippen LogP contribution in [0.2, 0.25) is 0 Å². The van der Waals surface area contributed by atoms with E-state index in [2.05, 4.69) is 10.6 Å². The van der Waals surface area contributed by atoms with Gasteiger partial charge in [0.1, 0.15) is 11.7 Å². The number of benzene rings is 2. The smallest absolute Gasteiger partial charge is 0.268 e. The molecule has 1 unspecified atom stereocenters. The zero-order chi connectivity index (χ0) is 23.7. The number of carbonyl (C=O) groups excluding carboxylic acids is 2. The maximum absolute atomic E-state index is 13.0. The SMILES string of the molecule is COc1cc2cc(C(=O)NC(C)C(=O)Nc3ccc4c(c3)OCO4)n(C)c2c(OC)c1OC. The Morgan fingerprint density at radius 3 is 2.42 bits per heavy atom. The predicted octanol–water partition coefficient (Wildman–Crippen LogP) is 2.69. The van der Waals surface area contributed by atoms with Gasteiger partial charge in [0.05, 0.1) is 26.8 Å². The lowest BCUT2D eigenvalue weighted by molar-refractivity contribution is -0.117. The van der Waals surface area contributed by atoms with E-state index >= 15 is 0 Å². The highest BCUT2D eigenvalue weighted by molar-refractivity contribution is 6.04. The first-order chi connectivity index (χ1) is 15.9. The molecular formula is C23H25N3O7. The largest absolute Gasteiger partial charge is 0.493 e. The number of hydrogen-bond donors (Lipinski definition) is 2. The minimum atomic E-state index is -0.799. The van der Waals surface area contributed by atoms with E-state index in [4.69, 9.17) is 23.7 Å². The van der Waals surface area contributed by atoms with Crippen molar-refractivity contribution in [1.82, 2.24) is 9.88 Å². The summed E-state index contributed by atoms with van der Waals surface area (Å²) in [6, 6.07) is 7.77. The Balaban J connectivity index is 1.54. The van der Waals surface area contributed by atoms with Crippen molar-refractivity contribution < 1.29 is 33.3 Å². The van der Waals surface area contributed by atoms with Crippen LogP contribution in [-0.4, -0.2) is 50.5 Å². The summed E-state index contributed by atoms with van der Waals surface area (Å²) in [5, 5.41) is 6.23.